The molecule has 2 atom stereocenters. The smallest absolute Gasteiger partial charge is 0.288 e. The average Bonchev–Trinajstić information content (AvgIpc) is 3.23. The zero-order chi connectivity index (χ0) is 18.8. The molecule has 1 fully saturated rings. The van der Waals surface area contributed by atoms with Crippen molar-refractivity contribution in [2.24, 2.45) is 5.92 Å². The molecule has 2 amide bonds. The first kappa shape index (κ1) is 17.0. The van der Waals surface area contributed by atoms with Crippen LogP contribution in [0, 0.1) is 5.92 Å². The highest BCUT2D eigenvalue weighted by atomic mass is 16.3. The zero-order valence-corrected chi connectivity index (χ0v) is 14.8. The van der Waals surface area contributed by atoms with Crippen LogP contribution in [0.4, 0.5) is 0 Å². The summed E-state index contributed by atoms with van der Waals surface area (Å²) < 4.78 is 5.70. The minimum Gasteiger partial charge on any atom is -0.461 e. The molecule has 3 aromatic rings. The Morgan fingerprint density at radius 3 is 2.74 bits per heavy atom. The fraction of sp³-hybridized carbons (Fsp3) is 0.190. The van der Waals surface area contributed by atoms with Crippen LogP contribution in [0.1, 0.15) is 41.3 Å². The van der Waals surface area contributed by atoms with Gasteiger partial charge in [0.1, 0.15) is 17.2 Å². The van der Waals surface area contributed by atoms with Crippen molar-refractivity contribution in [3.63, 3.8) is 0 Å². The number of amides is 2. The molecular weight excluding hydrogens is 342 g/mol. The van der Waals surface area contributed by atoms with Crippen molar-refractivity contribution >= 4 is 28.8 Å². The van der Waals surface area contributed by atoms with E-state index >= 15 is 0 Å². The Kier molecular flexibility index (Phi) is 4.46. The molecule has 1 aliphatic rings. The van der Waals surface area contributed by atoms with E-state index in [0.717, 1.165) is 23.1 Å². The van der Waals surface area contributed by atoms with Crippen LogP contribution in [0.15, 0.2) is 59.0 Å². The van der Waals surface area contributed by atoms with E-state index in [1.54, 1.807) is 12.1 Å². The Morgan fingerprint density at radius 2 is 1.93 bits per heavy atom. The maximum absolute atomic E-state index is 12.2. The molecule has 4 rings (SSSR count). The fourth-order valence-corrected chi connectivity index (χ4v) is 2.95. The summed E-state index contributed by atoms with van der Waals surface area (Å²) in [4.78, 5) is 28.3. The van der Waals surface area contributed by atoms with Gasteiger partial charge in [0.25, 0.3) is 11.8 Å². The van der Waals surface area contributed by atoms with Gasteiger partial charge in [-0.25, -0.2) is 4.98 Å². The Hall–Kier alpha value is -3.41. The van der Waals surface area contributed by atoms with Crippen LogP contribution in [0.5, 0.6) is 0 Å². The number of furan rings is 1. The van der Waals surface area contributed by atoms with Crippen LogP contribution in [-0.4, -0.2) is 16.8 Å². The van der Waals surface area contributed by atoms with Gasteiger partial charge in [0.2, 0.25) is 0 Å². The standard InChI is InChI=1S/C21H19N3O3/c1-13-12-16(13)19-10-7-15(27-19)8-11-20(25)23-24-21(26)18-9-6-14-4-2-3-5-17(14)22-18/h2-11,13,16H,12H2,1H3,(H,23,25)(H,24,26)/b11-8+. The van der Waals surface area contributed by atoms with Crippen molar-refractivity contribution in [2.45, 2.75) is 19.3 Å². The summed E-state index contributed by atoms with van der Waals surface area (Å²) in [5.74, 6) is 1.79. The number of carbonyl (C=O) groups is 2. The number of para-hydroxylation sites is 1. The third kappa shape index (κ3) is 3.89. The maximum Gasteiger partial charge on any atom is 0.288 e. The summed E-state index contributed by atoms with van der Waals surface area (Å²) in [7, 11) is 0. The number of nitrogens with one attached hydrogen (secondary N) is 2. The fourth-order valence-electron chi connectivity index (χ4n) is 2.95. The lowest BCUT2D eigenvalue weighted by Gasteiger charge is -2.05. The highest BCUT2D eigenvalue weighted by Crippen LogP contribution is 2.47. The van der Waals surface area contributed by atoms with Crippen molar-refractivity contribution in [1.29, 1.82) is 0 Å². The summed E-state index contributed by atoms with van der Waals surface area (Å²) in [5, 5.41) is 0.944. The lowest BCUT2D eigenvalue weighted by atomic mass is 10.2. The number of fused-ring (bicyclic) bond motifs is 1. The molecule has 0 spiro atoms. The highest BCUT2D eigenvalue weighted by molar-refractivity contribution is 5.98. The monoisotopic (exact) mass is 361 g/mol. The molecule has 0 saturated heterocycles. The number of hydrazine groups is 1. The molecule has 2 unspecified atom stereocenters. The van der Waals surface area contributed by atoms with Crippen LogP contribution in [-0.2, 0) is 4.79 Å². The second kappa shape index (κ2) is 7.07. The van der Waals surface area contributed by atoms with Crippen LogP contribution in [0.25, 0.3) is 17.0 Å². The molecule has 1 aromatic carbocycles. The Labute approximate surface area is 156 Å². The largest absolute Gasteiger partial charge is 0.461 e. The molecule has 6 heteroatoms. The van der Waals surface area contributed by atoms with Gasteiger partial charge >= 0.3 is 0 Å². The second-order valence-corrected chi connectivity index (χ2v) is 6.73. The van der Waals surface area contributed by atoms with Crippen LogP contribution >= 0.6 is 0 Å². The summed E-state index contributed by atoms with van der Waals surface area (Å²) in [6.45, 7) is 2.18. The minimum absolute atomic E-state index is 0.229. The quantitative estimate of drug-likeness (QED) is 0.551. The Bertz CT molecular complexity index is 1040. The topological polar surface area (TPSA) is 84.2 Å². The normalized spacial score (nSPS) is 18.6. The van der Waals surface area contributed by atoms with E-state index in [1.165, 1.54) is 6.08 Å². The van der Waals surface area contributed by atoms with E-state index < -0.39 is 11.8 Å². The summed E-state index contributed by atoms with van der Waals surface area (Å²) in [5.41, 5.74) is 5.64. The van der Waals surface area contributed by atoms with Gasteiger partial charge in [-0.05, 0) is 42.7 Å². The second-order valence-electron chi connectivity index (χ2n) is 6.73. The van der Waals surface area contributed by atoms with Gasteiger partial charge in [0.15, 0.2) is 0 Å². The summed E-state index contributed by atoms with van der Waals surface area (Å²) >= 11 is 0. The van der Waals surface area contributed by atoms with Gasteiger partial charge < -0.3 is 4.42 Å². The van der Waals surface area contributed by atoms with E-state index in [0.29, 0.717) is 17.6 Å². The van der Waals surface area contributed by atoms with Gasteiger partial charge in [-0.2, -0.15) is 0 Å². The van der Waals surface area contributed by atoms with E-state index in [4.69, 9.17) is 4.42 Å². The van der Waals surface area contributed by atoms with Gasteiger partial charge in [0, 0.05) is 17.4 Å². The molecule has 0 bridgehead atoms. The van der Waals surface area contributed by atoms with E-state index in [-0.39, 0.29) is 5.69 Å². The van der Waals surface area contributed by atoms with Crippen molar-refractivity contribution in [2.75, 3.05) is 0 Å². The number of rotatable bonds is 4. The highest BCUT2D eigenvalue weighted by Gasteiger charge is 2.36. The van der Waals surface area contributed by atoms with Crippen LogP contribution in [0.3, 0.4) is 0 Å². The lowest BCUT2D eigenvalue weighted by Crippen LogP contribution is -2.41. The molecule has 2 N–H and O–H groups in total. The predicted octanol–water partition coefficient (Wildman–Crippen LogP) is 3.43. The molecule has 1 aliphatic carbocycles. The molecule has 136 valence electrons. The molecule has 6 nitrogen and oxygen atoms in total. The third-order valence-electron chi connectivity index (χ3n) is 4.65. The molecule has 0 aliphatic heterocycles. The number of pyridine rings is 1. The van der Waals surface area contributed by atoms with Crippen LogP contribution < -0.4 is 10.9 Å². The predicted molar refractivity (Wildman–Crippen MR) is 102 cm³/mol. The van der Waals surface area contributed by atoms with Crippen molar-refractivity contribution < 1.29 is 14.0 Å². The van der Waals surface area contributed by atoms with Crippen molar-refractivity contribution in [3.8, 4) is 0 Å². The molecule has 1 saturated carbocycles. The van der Waals surface area contributed by atoms with Crippen LogP contribution in [0.2, 0.25) is 0 Å². The molecule has 0 radical (unpaired) electrons. The van der Waals surface area contributed by atoms with Crippen molar-refractivity contribution in [1.82, 2.24) is 15.8 Å². The summed E-state index contributed by atoms with van der Waals surface area (Å²) in [6.07, 6.45) is 4.03. The average molecular weight is 361 g/mol. The van der Waals surface area contributed by atoms with Gasteiger partial charge in [-0.15, -0.1) is 0 Å². The van der Waals surface area contributed by atoms with Gasteiger partial charge in [-0.1, -0.05) is 31.2 Å². The zero-order valence-electron chi connectivity index (χ0n) is 14.8. The Balaban J connectivity index is 1.32. The number of hydrogen-bond donors (Lipinski definition) is 2. The number of benzene rings is 1. The van der Waals surface area contributed by atoms with Crippen molar-refractivity contribution in [3.05, 3.63) is 71.8 Å². The van der Waals surface area contributed by atoms with E-state index in [2.05, 4.69) is 22.8 Å². The molecule has 27 heavy (non-hydrogen) atoms. The van der Waals surface area contributed by atoms with E-state index in [1.807, 2.05) is 42.5 Å². The first-order valence-corrected chi connectivity index (χ1v) is 8.84. The maximum atomic E-state index is 12.2. The first-order chi connectivity index (χ1) is 13.1. The van der Waals surface area contributed by atoms with E-state index in [9.17, 15) is 9.59 Å². The van der Waals surface area contributed by atoms with Gasteiger partial charge in [0.05, 0.1) is 5.52 Å². The lowest BCUT2D eigenvalue weighted by molar-refractivity contribution is -0.117. The molecule has 2 heterocycles. The number of hydrogen-bond acceptors (Lipinski definition) is 4. The number of nitrogens with zero attached hydrogens (tertiary/aromatic N) is 1. The molecular formula is C21H19N3O3. The molecule has 2 aromatic heterocycles. The number of carbonyl (C=O) groups excluding carboxylic acids is 2. The number of aromatic nitrogens is 1. The first-order valence-electron chi connectivity index (χ1n) is 8.84. The Morgan fingerprint density at radius 1 is 1.11 bits per heavy atom. The minimum atomic E-state index is -0.481. The SMILES string of the molecule is CC1CC1c1ccc(/C=C/C(=O)NNC(=O)c2ccc3ccccc3n2)o1. The van der Waals surface area contributed by atoms with Gasteiger partial charge in [-0.3, -0.25) is 20.4 Å². The third-order valence-corrected chi connectivity index (χ3v) is 4.65. The summed E-state index contributed by atoms with van der Waals surface area (Å²) in [6, 6.07) is 14.7.